The second-order valence-electron chi connectivity index (χ2n) is 5.30. The van der Waals surface area contributed by atoms with Crippen molar-refractivity contribution in [2.24, 2.45) is 7.05 Å². The standard InChI is InChI=1S/C14H13F3N4O2/c1-20-12(7-11(19-20)14(15,16)17)18-13(23)9-4-5-10(22)8-3-2-6-21(8)9/h2-3,6-7,9H,4-5H2,1H3,(H,18,23)/t9-/m0/s1. The van der Waals surface area contributed by atoms with Crippen LogP contribution in [0.5, 0.6) is 0 Å². The molecular weight excluding hydrogens is 313 g/mol. The van der Waals surface area contributed by atoms with Crippen molar-refractivity contribution >= 4 is 17.5 Å². The average molecular weight is 326 g/mol. The molecule has 1 aliphatic heterocycles. The first kappa shape index (κ1) is 15.3. The lowest BCUT2D eigenvalue weighted by Crippen LogP contribution is -2.32. The normalized spacial score (nSPS) is 17.9. The third kappa shape index (κ3) is 2.73. The van der Waals surface area contributed by atoms with E-state index in [0.29, 0.717) is 12.1 Å². The van der Waals surface area contributed by atoms with Crippen molar-refractivity contribution in [1.82, 2.24) is 14.3 Å². The molecule has 0 aliphatic carbocycles. The summed E-state index contributed by atoms with van der Waals surface area (Å²) in [6.07, 6.45) is -2.44. The minimum atomic E-state index is -4.58. The Bertz CT molecular complexity index is 775. The summed E-state index contributed by atoms with van der Waals surface area (Å²) < 4.78 is 40.4. The van der Waals surface area contributed by atoms with Gasteiger partial charge in [-0.25, -0.2) is 0 Å². The van der Waals surface area contributed by atoms with Gasteiger partial charge >= 0.3 is 6.18 Å². The first-order valence-electron chi connectivity index (χ1n) is 6.89. The molecule has 0 saturated carbocycles. The van der Waals surface area contributed by atoms with Crippen molar-refractivity contribution in [2.45, 2.75) is 25.1 Å². The van der Waals surface area contributed by atoms with Crippen molar-refractivity contribution < 1.29 is 22.8 Å². The molecule has 2 aromatic heterocycles. The van der Waals surface area contributed by atoms with E-state index < -0.39 is 23.8 Å². The fourth-order valence-corrected chi connectivity index (χ4v) is 2.63. The molecule has 0 aromatic carbocycles. The lowest BCUT2D eigenvalue weighted by atomic mass is 10.0. The van der Waals surface area contributed by atoms with Gasteiger partial charge in [0.25, 0.3) is 0 Å². The van der Waals surface area contributed by atoms with Gasteiger partial charge in [0.05, 0.1) is 5.69 Å². The summed E-state index contributed by atoms with van der Waals surface area (Å²) in [6, 6.07) is 3.42. The van der Waals surface area contributed by atoms with Crippen molar-refractivity contribution in [3.63, 3.8) is 0 Å². The third-order valence-corrected chi connectivity index (χ3v) is 3.77. The van der Waals surface area contributed by atoms with Gasteiger partial charge in [-0.2, -0.15) is 18.3 Å². The summed E-state index contributed by atoms with van der Waals surface area (Å²) in [7, 11) is 1.32. The number of nitrogens with one attached hydrogen (secondary N) is 1. The maximum absolute atomic E-state index is 12.6. The van der Waals surface area contributed by atoms with E-state index in [9.17, 15) is 22.8 Å². The number of nitrogens with zero attached hydrogens (tertiary/aromatic N) is 3. The summed E-state index contributed by atoms with van der Waals surface area (Å²) >= 11 is 0. The molecule has 122 valence electrons. The van der Waals surface area contributed by atoms with Gasteiger partial charge in [0, 0.05) is 25.7 Å². The van der Waals surface area contributed by atoms with Crippen LogP contribution in [0.15, 0.2) is 24.4 Å². The highest BCUT2D eigenvalue weighted by Gasteiger charge is 2.35. The first-order chi connectivity index (χ1) is 10.8. The fourth-order valence-electron chi connectivity index (χ4n) is 2.63. The Morgan fingerprint density at radius 3 is 2.83 bits per heavy atom. The zero-order valence-electron chi connectivity index (χ0n) is 12.1. The van der Waals surface area contributed by atoms with Gasteiger partial charge in [0.15, 0.2) is 11.5 Å². The van der Waals surface area contributed by atoms with Gasteiger partial charge in [-0.15, -0.1) is 0 Å². The first-order valence-corrected chi connectivity index (χ1v) is 6.89. The van der Waals surface area contributed by atoms with Gasteiger partial charge < -0.3 is 9.88 Å². The van der Waals surface area contributed by atoms with Gasteiger partial charge in [-0.1, -0.05) is 0 Å². The molecule has 0 saturated heterocycles. The van der Waals surface area contributed by atoms with E-state index in [1.165, 1.54) is 7.05 Å². The van der Waals surface area contributed by atoms with Crippen LogP contribution < -0.4 is 5.32 Å². The van der Waals surface area contributed by atoms with Crippen LogP contribution >= 0.6 is 0 Å². The number of fused-ring (bicyclic) bond motifs is 1. The second kappa shape index (κ2) is 5.25. The third-order valence-electron chi connectivity index (χ3n) is 3.77. The lowest BCUT2D eigenvalue weighted by molar-refractivity contribution is -0.141. The number of hydrogen-bond donors (Lipinski definition) is 1. The molecule has 0 fully saturated rings. The molecule has 1 amide bonds. The fraction of sp³-hybridized carbons (Fsp3) is 0.357. The molecule has 3 rings (SSSR count). The number of aryl methyl sites for hydroxylation is 1. The van der Waals surface area contributed by atoms with Crippen LogP contribution in [0.25, 0.3) is 0 Å². The van der Waals surface area contributed by atoms with E-state index in [1.807, 2.05) is 0 Å². The molecule has 0 spiro atoms. The van der Waals surface area contributed by atoms with E-state index in [0.717, 1.165) is 10.7 Å². The van der Waals surface area contributed by atoms with E-state index in [1.54, 1.807) is 22.9 Å². The predicted octanol–water partition coefficient (Wildman–Crippen LogP) is 2.40. The second-order valence-corrected chi connectivity index (χ2v) is 5.30. The number of Topliss-reactive ketones (excluding diaryl/α,β-unsaturated/α-hetero) is 1. The number of amides is 1. The van der Waals surface area contributed by atoms with Crippen LogP contribution in [0.1, 0.15) is 35.1 Å². The molecule has 23 heavy (non-hydrogen) atoms. The zero-order valence-corrected chi connectivity index (χ0v) is 12.1. The largest absolute Gasteiger partial charge is 0.435 e. The summed E-state index contributed by atoms with van der Waals surface area (Å²) in [6.45, 7) is 0. The number of hydrogen-bond acceptors (Lipinski definition) is 3. The molecule has 0 radical (unpaired) electrons. The molecule has 2 aromatic rings. The minimum absolute atomic E-state index is 0.0482. The maximum Gasteiger partial charge on any atom is 0.435 e. The Hall–Kier alpha value is -2.58. The molecule has 1 N–H and O–H groups in total. The Morgan fingerprint density at radius 1 is 1.43 bits per heavy atom. The van der Waals surface area contributed by atoms with Gasteiger partial charge in [0.1, 0.15) is 11.9 Å². The van der Waals surface area contributed by atoms with Crippen molar-refractivity contribution in [3.05, 3.63) is 35.8 Å². The van der Waals surface area contributed by atoms with Gasteiger partial charge in [0.2, 0.25) is 5.91 Å². The van der Waals surface area contributed by atoms with E-state index >= 15 is 0 Å². The SMILES string of the molecule is Cn1nc(C(F)(F)F)cc1NC(=O)[C@@H]1CCC(=O)c2cccn21. The highest BCUT2D eigenvalue weighted by molar-refractivity contribution is 5.99. The average Bonchev–Trinajstić information content (AvgIpc) is 3.07. The Morgan fingerprint density at radius 2 is 2.17 bits per heavy atom. The monoisotopic (exact) mass is 326 g/mol. The number of anilines is 1. The Kier molecular flexibility index (Phi) is 3.50. The number of halogens is 3. The van der Waals surface area contributed by atoms with E-state index in [-0.39, 0.29) is 18.0 Å². The van der Waals surface area contributed by atoms with Crippen molar-refractivity contribution in [2.75, 3.05) is 5.32 Å². The molecule has 1 aliphatic rings. The summed E-state index contributed by atoms with van der Waals surface area (Å²) in [4.78, 5) is 24.1. The minimum Gasteiger partial charge on any atom is -0.333 e. The number of ketones is 1. The molecule has 0 bridgehead atoms. The maximum atomic E-state index is 12.6. The van der Waals surface area contributed by atoms with E-state index in [2.05, 4.69) is 10.4 Å². The van der Waals surface area contributed by atoms with Crippen LogP contribution in [-0.2, 0) is 18.0 Å². The molecular formula is C14H13F3N4O2. The molecule has 6 nitrogen and oxygen atoms in total. The zero-order chi connectivity index (χ0) is 16.8. The van der Waals surface area contributed by atoms with Crippen molar-refractivity contribution in [3.8, 4) is 0 Å². The van der Waals surface area contributed by atoms with E-state index in [4.69, 9.17) is 0 Å². The van der Waals surface area contributed by atoms with Crippen LogP contribution in [0.2, 0.25) is 0 Å². The van der Waals surface area contributed by atoms with Crippen LogP contribution in [0, 0.1) is 0 Å². The van der Waals surface area contributed by atoms with Crippen LogP contribution in [0.3, 0.4) is 0 Å². The van der Waals surface area contributed by atoms with Gasteiger partial charge in [-0.05, 0) is 18.6 Å². The molecule has 0 unspecified atom stereocenters. The van der Waals surface area contributed by atoms with Crippen LogP contribution in [0.4, 0.5) is 19.0 Å². The number of carbonyl (C=O) groups excluding carboxylic acids is 2. The smallest absolute Gasteiger partial charge is 0.333 e. The summed E-state index contributed by atoms with van der Waals surface area (Å²) in [5, 5.41) is 5.79. The quantitative estimate of drug-likeness (QED) is 0.921. The molecule has 9 heteroatoms. The molecule has 3 heterocycles. The Labute approximate surface area is 128 Å². The summed E-state index contributed by atoms with van der Waals surface area (Å²) in [5.74, 6) is -0.585. The topological polar surface area (TPSA) is 68.9 Å². The van der Waals surface area contributed by atoms with Crippen LogP contribution in [-0.4, -0.2) is 26.0 Å². The Balaban J connectivity index is 1.83. The highest BCUT2D eigenvalue weighted by Crippen LogP contribution is 2.31. The lowest BCUT2D eigenvalue weighted by Gasteiger charge is -2.24. The number of rotatable bonds is 2. The highest BCUT2D eigenvalue weighted by atomic mass is 19.4. The number of aromatic nitrogens is 3. The summed E-state index contributed by atoms with van der Waals surface area (Å²) in [5.41, 5.74) is -0.645. The van der Waals surface area contributed by atoms with Gasteiger partial charge in [-0.3, -0.25) is 14.3 Å². The molecule has 1 atom stereocenters. The predicted molar refractivity (Wildman–Crippen MR) is 73.9 cm³/mol. The van der Waals surface area contributed by atoms with Crippen molar-refractivity contribution in [1.29, 1.82) is 0 Å². The number of carbonyl (C=O) groups is 2. The number of alkyl halides is 3.